The first kappa shape index (κ1) is 15.2. The molecule has 118 valence electrons. The summed E-state index contributed by atoms with van der Waals surface area (Å²) in [6.07, 6.45) is 0. The lowest BCUT2D eigenvalue weighted by molar-refractivity contribution is 0.186. The Morgan fingerprint density at radius 3 is 2.35 bits per heavy atom. The standard InChI is InChI=1S/C18H18N2O3/c1-23-12-11-19-16-10-6-5-9-15(16)17(21)20(18(19)22)13-14-7-3-2-4-8-14/h2-10H,11-13H2,1H3. The van der Waals surface area contributed by atoms with Crippen molar-refractivity contribution in [3.8, 4) is 0 Å². The van der Waals surface area contributed by atoms with Crippen LogP contribution in [0.1, 0.15) is 5.56 Å². The average molecular weight is 310 g/mol. The number of nitrogens with zero attached hydrogens (tertiary/aromatic N) is 2. The summed E-state index contributed by atoms with van der Waals surface area (Å²) in [4.78, 5) is 25.5. The van der Waals surface area contributed by atoms with E-state index in [-0.39, 0.29) is 17.8 Å². The van der Waals surface area contributed by atoms with Crippen molar-refractivity contribution in [2.75, 3.05) is 13.7 Å². The molecule has 0 aliphatic carbocycles. The van der Waals surface area contributed by atoms with E-state index in [1.807, 2.05) is 42.5 Å². The molecule has 23 heavy (non-hydrogen) atoms. The largest absolute Gasteiger partial charge is 0.383 e. The van der Waals surface area contributed by atoms with Gasteiger partial charge < -0.3 is 4.74 Å². The zero-order valence-corrected chi connectivity index (χ0v) is 12.9. The molecule has 5 nitrogen and oxygen atoms in total. The van der Waals surface area contributed by atoms with Crippen molar-refractivity contribution >= 4 is 10.9 Å². The van der Waals surface area contributed by atoms with Crippen LogP contribution in [0.25, 0.3) is 10.9 Å². The number of fused-ring (bicyclic) bond motifs is 1. The number of para-hydroxylation sites is 1. The Labute approximate surface area is 133 Å². The van der Waals surface area contributed by atoms with Crippen molar-refractivity contribution in [2.24, 2.45) is 0 Å². The van der Waals surface area contributed by atoms with Gasteiger partial charge >= 0.3 is 5.69 Å². The minimum Gasteiger partial charge on any atom is -0.383 e. The first-order chi connectivity index (χ1) is 11.2. The summed E-state index contributed by atoms with van der Waals surface area (Å²) in [6.45, 7) is 1.08. The van der Waals surface area contributed by atoms with Crippen molar-refractivity contribution in [1.29, 1.82) is 0 Å². The van der Waals surface area contributed by atoms with Gasteiger partial charge in [-0.05, 0) is 17.7 Å². The molecule has 1 aromatic heterocycles. The molecule has 0 bridgehead atoms. The summed E-state index contributed by atoms with van der Waals surface area (Å²) < 4.78 is 7.98. The van der Waals surface area contributed by atoms with Crippen LogP contribution in [0.4, 0.5) is 0 Å². The fraction of sp³-hybridized carbons (Fsp3) is 0.222. The summed E-state index contributed by atoms with van der Waals surface area (Å²) in [6, 6.07) is 16.7. The average Bonchev–Trinajstić information content (AvgIpc) is 2.59. The van der Waals surface area contributed by atoms with E-state index in [9.17, 15) is 9.59 Å². The molecular weight excluding hydrogens is 292 g/mol. The van der Waals surface area contributed by atoms with Gasteiger partial charge in [-0.2, -0.15) is 0 Å². The van der Waals surface area contributed by atoms with E-state index in [2.05, 4.69) is 0 Å². The Morgan fingerprint density at radius 1 is 0.913 bits per heavy atom. The van der Waals surface area contributed by atoms with Gasteiger partial charge in [0.2, 0.25) is 0 Å². The molecule has 1 heterocycles. The number of hydrogen-bond donors (Lipinski definition) is 0. The van der Waals surface area contributed by atoms with Gasteiger partial charge in [0.25, 0.3) is 5.56 Å². The Kier molecular flexibility index (Phi) is 4.39. The van der Waals surface area contributed by atoms with E-state index >= 15 is 0 Å². The fourth-order valence-electron chi connectivity index (χ4n) is 2.67. The SMILES string of the molecule is COCCn1c(=O)n(Cc2ccccc2)c(=O)c2ccccc21. The zero-order valence-electron chi connectivity index (χ0n) is 12.9. The van der Waals surface area contributed by atoms with Gasteiger partial charge in [0.05, 0.1) is 30.6 Å². The summed E-state index contributed by atoms with van der Waals surface area (Å²) in [7, 11) is 1.59. The van der Waals surface area contributed by atoms with E-state index < -0.39 is 0 Å². The second kappa shape index (κ2) is 6.62. The third-order valence-electron chi connectivity index (χ3n) is 3.83. The maximum absolute atomic E-state index is 12.8. The smallest absolute Gasteiger partial charge is 0.331 e. The van der Waals surface area contributed by atoms with Crippen LogP contribution in [0, 0.1) is 0 Å². The molecule has 0 unspecified atom stereocenters. The summed E-state index contributed by atoms with van der Waals surface area (Å²) in [5.41, 5.74) is 0.988. The van der Waals surface area contributed by atoms with Crippen molar-refractivity contribution in [3.63, 3.8) is 0 Å². The first-order valence-electron chi connectivity index (χ1n) is 7.47. The molecule has 3 rings (SSSR count). The number of methoxy groups -OCH3 is 1. The van der Waals surface area contributed by atoms with E-state index in [1.54, 1.807) is 23.8 Å². The highest BCUT2D eigenvalue weighted by atomic mass is 16.5. The van der Waals surface area contributed by atoms with Gasteiger partial charge in [-0.25, -0.2) is 4.79 Å². The molecule has 0 N–H and O–H groups in total. The molecule has 0 fully saturated rings. The van der Waals surface area contributed by atoms with Crippen LogP contribution in [0.3, 0.4) is 0 Å². The molecular formula is C18H18N2O3. The third-order valence-corrected chi connectivity index (χ3v) is 3.83. The lowest BCUT2D eigenvalue weighted by atomic mass is 10.2. The predicted molar refractivity (Wildman–Crippen MR) is 89.9 cm³/mol. The van der Waals surface area contributed by atoms with Crippen molar-refractivity contribution in [2.45, 2.75) is 13.1 Å². The van der Waals surface area contributed by atoms with E-state index in [1.165, 1.54) is 4.57 Å². The lowest BCUT2D eigenvalue weighted by Gasteiger charge is -2.13. The monoisotopic (exact) mass is 310 g/mol. The highest BCUT2D eigenvalue weighted by Gasteiger charge is 2.12. The Morgan fingerprint density at radius 2 is 1.61 bits per heavy atom. The van der Waals surface area contributed by atoms with Crippen LogP contribution in [0.5, 0.6) is 0 Å². The number of benzene rings is 2. The van der Waals surface area contributed by atoms with Gasteiger partial charge in [0, 0.05) is 7.11 Å². The van der Waals surface area contributed by atoms with Gasteiger partial charge in [0.1, 0.15) is 0 Å². The van der Waals surface area contributed by atoms with Gasteiger partial charge in [-0.1, -0.05) is 42.5 Å². The zero-order chi connectivity index (χ0) is 16.2. The maximum atomic E-state index is 12.8. The van der Waals surface area contributed by atoms with E-state index in [4.69, 9.17) is 4.74 Å². The lowest BCUT2D eigenvalue weighted by Crippen LogP contribution is -2.40. The summed E-state index contributed by atoms with van der Waals surface area (Å²) in [5, 5.41) is 0.541. The quantitative estimate of drug-likeness (QED) is 0.723. The second-order valence-corrected chi connectivity index (χ2v) is 5.32. The van der Waals surface area contributed by atoms with Crippen molar-refractivity contribution < 1.29 is 4.74 Å². The van der Waals surface area contributed by atoms with Gasteiger partial charge in [0.15, 0.2) is 0 Å². The van der Waals surface area contributed by atoms with Crippen molar-refractivity contribution in [1.82, 2.24) is 9.13 Å². The summed E-state index contributed by atoms with van der Waals surface area (Å²) in [5.74, 6) is 0. The second-order valence-electron chi connectivity index (χ2n) is 5.32. The molecule has 0 amide bonds. The van der Waals surface area contributed by atoms with Gasteiger partial charge in [-0.3, -0.25) is 13.9 Å². The Balaban J connectivity index is 2.21. The van der Waals surface area contributed by atoms with E-state index in [0.29, 0.717) is 24.1 Å². The van der Waals surface area contributed by atoms with Gasteiger partial charge in [-0.15, -0.1) is 0 Å². The highest BCUT2D eigenvalue weighted by Crippen LogP contribution is 2.08. The molecule has 5 heteroatoms. The van der Waals surface area contributed by atoms with Crippen LogP contribution < -0.4 is 11.2 Å². The molecule has 0 aliphatic heterocycles. The maximum Gasteiger partial charge on any atom is 0.331 e. The molecule has 0 saturated heterocycles. The van der Waals surface area contributed by atoms with Crippen LogP contribution in [-0.2, 0) is 17.8 Å². The normalized spacial score (nSPS) is 11.0. The molecule has 0 spiro atoms. The summed E-state index contributed by atoms with van der Waals surface area (Å²) >= 11 is 0. The predicted octanol–water partition coefficient (Wildman–Crippen LogP) is 1.86. The van der Waals surface area contributed by atoms with E-state index in [0.717, 1.165) is 5.56 Å². The minimum atomic E-state index is -0.311. The van der Waals surface area contributed by atoms with Crippen molar-refractivity contribution in [3.05, 3.63) is 81.0 Å². The first-order valence-corrected chi connectivity index (χ1v) is 7.47. The number of ether oxygens (including phenoxy) is 1. The molecule has 0 atom stereocenters. The number of aromatic nitrogens is 2. The fourth-order valence-corrected chi connectivity index (χ4v) is 2.67. The van der Waals surface area contributed by atoms with Crippen LogP contribution in [0.2, 0.25) is 0 Å². The van der Waals surface area contributed by atoms with Crippen LogP contribution in [-0.4, -0.2) is 22.9 Å². The number of hydrogen-bond acceptors (Lipinski definition) is 3. The molecule has 2 aromatic carbocycles. The molecule has 0 saturated carbocycles. The Bertz CT molecular complexity index is 926. The molecule has 0 aliphatic rings. The highest BCUT2D eigenvalue weighted by molar-refractivity contribution is 5.77. The molecule has 3 aromatic rings. The van der Waals surface area contributed by atoms with Crippen LogP contribution in [0.15, 0.2) is 64.2 Å². The third kappa shape index (κ3) is 2.96. The molecule has 0 radical (unpaired) electrons. The number of rotatable bonds is 5. The topological polar surface area (TPSA) is 53.2 Å². The Hall–Kier alpha value is -2.66. The van der Waals surface area contributed by atoms with Crippen LogP contribution >= 0.6 is 0 Å². The minimum absolute atomic E-state index is 0.260.